The van der Waals surface area contributed by atoms with Crippen LogP contribution in [0.3, 0.4) is 0 Å². The molecule has 0 unspecified atom stereocenters. The molecule has 66 valence electrons. The lowest BCUT2D eigenvalue weighted by Gasteiger charge is -1.97. The fourth-order valence-corrected chi connectivity index (χ4v) is 1.93. The Morgan fingerprint density at radius 1 is 1.38 bits per heavy atom. The monoisotopic (exact) mass is 211 g/mol. The van der Waals surface area contributed by atoms with Crippen molar-refractivity contribution in [3.05, 3.63) is 28.5 Å². The molecule has 0 amide bonds. The molecule has 0 aliphatic rings. The standard InChI is InChI=1S/C8H6ClN3S/c1-5-6(3-2-4-10-5)7-11-12-8(9)13-7/h2-4H,1H3. The van der Waals surface area contributed by atoms with Crippen LogP contribution in [-0.2, 0) is 0 Å². The van der Waals surface area contributed by atoms with Gasteiger partial charge in [-0.3, -0.25) is 4.98 Å². The Hall–Kier alpha value is -1.00. The summed E-state index contributed by atoms with van der Waals surface area (Å²) in [6.45, 7) is 1.94. The third-order valence-corrected chi connectivity index (χ3v) is 2.69. The Bertz CT molecular complexity index is 427. The van der Waals surface area contributed by atoms with Gasteiger partial charge in [0.05, 0.1) is 0 Å². The SMILES string of the molecule is Cc1ncccc1-c1nnc(Cl)s1. The van der Waals surface area contributed by atoms with Crippen LogP contribution < -0.4 is 0 Å². The van der Waals surface area contributed by atoms with E-state index in [4.69, 9.17) is 11.6 Å². The third-order valence-electron chi connectivity index (χ3n) is 1.64. The fraction of sp³-hybridized carbons (Fsp3) is 0.125. The van der Waals surface area contributed by atoms with Crippen LogP contribution >= 0.6 is 22.9 Å². The first-order chi connectivity index (χ1) is 6.27. The van der Waals surface area contributed by atoms with Crippen molar-refractivity contribution in [2.24, 2.45) is 0 Å². The van der Waals surface area contributed by atoms with Crippen LogP contribution in [0.4, 0.5) is 0 Å². The van der Waals surface area contributed by atoms with Crippen molar-refractivity contribution >= 4 is 22.9 Å². The molecule has 0 N–H and O–H groups in total. The molecule has 5 heteroatoms. The van der Waals surface area contributed by atoms with Crippen molar-refractivity contribution in [3.8, 4) is 10.6 Å². The van der Waals surface area contributed by atoms with Crippen LogP contribution in [0.25, 0.3) is 10.6 Å². The molecule has 2 aromatic rings. The number of aromatic nitrogens is 3. The summed E-state index contributed by atoms with van der Waals surface area (Å²) in [5.74, 6) is 0. The predicted molar refractivity (Wildman–Crippen MR) is 52.9 cm³/mol. The van der Waals surface area contributed by atoms with Crippen LogP contribution in [0.15, 0.2) is 18.3 Å². The molecule has 0 aromatic carbocycles. The van der Waals surface area contributed by atoms with Gasteiger partial charge in [-0.2, -0.15) is 0 Å². The molecule has 0 saturated heterocycles. The second kappa shape index (κ2) is 3.40. The number of hydrogen-bond acceptors (Lipinski definition) is 4. The maximum Gasteiger partial charge on any atom is 0.207 e. The van der Waals surface area contributed by atoms with Gasteiger partial charge in [0.1, 0.15) is 0 Å². The Labute approximate surface area is 84.4 Å². The Balaban J connectivity index is 2.52. The molecule has 0 saturated carbocycles. The minimum absolute atomic E-state index is 0.457. The molecule has 2 aromatic heterocycles. The van der Waals surface area contributed by atoms with E-state index in [2.05, 4.69) is 15.2 Å². The van der Waals surface area contributed by atoms with Gasteiger partial charge in [-0.15, -0.1) is 10.2 Å². The average Bonchev–Trinajstić information content (AvgIpc) is 2.53. The van der Waals surface area contributed by atoms with Crippen LogP contribution in [0, 0.1) is 6.92 Å². The lowest BCUT2D eigenvalue weighted by molar-refractivity contribution is 1.09. The number of hydrogen-bond donors (Lipinski definition) is 0. The quantitative estimate of drug-likeness (QED) is 0.728. The first-order valence-electron chi connectivity index (χ1n) is 3.68. The molecule has 0 aliphatic heterocycles. The Kier molecular flexibility index (Phi) is 2.24. The number of pyridine rings is 1. The van der Waals surface area contributed by atoms with Crippen LogP contribution in [0.5, 0.6) is 0 Å². The van der Waals surface area contributed by atoms with Crippen molar-refractivity contribution in [2.45, 2.75) is 6.92 Å². The van der Waals surface area contributed by atoms with E-state index in [9.17, 15) is 0 Å². The Morgan fingerprint density at radius 3 is 2.85 bits per heavy atom. The van der Waals surface area contributed by atoms with E-state index in [1.165, 1.54) is 11.3 Å². The molecule has 0 atom stereocenters. The van der Waals surface area contributed by atoms with Gasteiger partial charge in [0.2, 0.25) is 4.47 Å². The van der Waals surface area contributed by atoms with Crippen molar-refractivity contribution in [1.82, 2.24) is 15.2 Å². The van der Waals surface area contributed by atoms with Crippen LogP contribution in [-0.4, -0.2) is 15.2 Å². The van der Waals surface area contributed by atoms with E-state index in [1.54, 1.807) is 6.20 Å². The molecule has 13 heavy (non-hydrogen) atoms. The van der Waals surface area contributed by atoms with Gasteiger partial charge in [0.25, 0.3) is 0 Å². The number of nitrogens with zero attached hydrogens (tertiary/aromatic N) is 3. The topological polar surface area (TPSA) is 38.7 Å². The maximum atomic E-state index is 5.69. The first-order valence-corrected chi connectivity index (χ1v) is 4.88. The van der Waals surface area contributed by atoms with Crippen molar-refractivity contribution in [3.63, 3.8) is 0 Å². The van der Waals surface area contributed by atoms with Crippen molar-refractivity contribution in [1.29, 1.82) is 0 Å². The Morgan fingerprint density at radius 2 is 2.23 bits per heavy atom. The number of halogens is 1. The van der Waals surface area contributed by atoms with Crippen molar-refractivity contribution in [2.75, 3.05) is 0 Å². The predicted octanol–water partition coefficient (Wildman–Crippen LogP) is 2.56. The smallest absolute Gasteiger partial charge is 0.207 e. The molecule has 2 heterocycles. The van der Waals surface area contributed by atoms with E-state index in [-0.39, 0.29) is 0 Å². The molecule has 0 aliphatic carbocycles. The van der Waals surface area contributed by atoms with Crippen LogP contribution in [0.2, 0.25) is 4.47 Å². The minimum atomic E-state index is 0.457. The fourth-order valence-electron chi connectivity index (χ4n) is 1.02. The molecule has 0 bridgehead atoms. The number of rotatable bonds is 1. The highest BCUT2D eigenvalue weighted by Gasteiger charge is 2.07. The van der Waals surface area contributed by atoms with Gasteiger partial charge >= 0.3 is 0 Å². The highest BCUT2D eigenvalue weighted by molar-refractivity contribution is 7.18. The molecule has 0 radical (unpaired) electrons. The zero-order valence-corrected chi connectivity index (χ0v) is 8.43. The summed E-state index contributed by atoms with van der Waals surface area (Å²) >= 11 is 7.05. The highest BCUT2D eigenvalue weighted by Crippen LogP contribution is 2.27. The van der Waals surface area contributed by atoms with E-state index in [1.807, 2.05) is 19.1 Å². The summed E-state index contributed by atoms with van der Waals surface area (Å²) in [6, 6.07) is 3.83. The maximum absolute atomic E-state index is 5.69. The van der Waals surface area contributed by atoms with E-state index < -0.39 is 0 Å². The summed E-state index contributed by atoms with van der Waals surface area (Å²) in [6.07, 6.45) is 1.75. The van der Waals surface area contributed by atoms with Gasteiger partial charge in [-0.25, -0.2) is 0 Å². The van der Waals surface area contributed by atoms with E-state index in [0.717, 1.165) is 16.3 Å². The molecule has 0 fully saturated rings. The van der Waals surface area contributed by atoms with Gasteiger partial charge in [0.15, 0.2) is 5.01 Å². The zero-order valence-electron chi connectivity index (χ0n) is 6.86. The van der Waals surface area contributed by atoms with Gasteiger partial charge in [0, 0.05) is 17.5 Å². The van der Waals surface area contributed by atoms with Crippen LogP contribution in [0.1, 0.15) is 5.69 Å². The normalized spacial score (nSPS) is 10.3. The average molecular weight is 212 g/mol. The summed E-state index contributed by atoms with van der Waals surface area (Å²) in [5, 5.41) is 8.50. The molecule has 3 nitrogen and oxygen atoms in total. The lowest BCUT2D eigenvalue weighted by atomic mass is 10.2. The lowest BCUT2D eigenvalue weighted by Crippen LogP contribution is -1.85. The molecule has 0 spiro atoms. The summed E-state index contributed by atoms with van der Waals surface area (Å²) in [4.78, 5) is 4.16. The number of aryl methyl sites for hydroxylation is 1. The van der Waals surface area contributed by atoms with Crippen molar-refractivity contribution < 1.29 is 0 Å². The zero-order chi connectivity index (χ0) is 9.26. The first kappa shape index (κ1) is 8.59. The summed E-state index contributed by atoms with van der Waals surface area (Å²) in [7, 11) is 0. The second-order valence-electron chi connectivity index (χ2n) is 2.50. The van der Waals surface area contributed by atoms with Gasteiger partial charge in [-0.1, -0.05) is 11.3 Å². The largest absolute Gasteiger partial charge is 0.261 e. The van der Waals surface area contributed by atoms with Gasteiger partial charge in [-0.05, 0) is 30.7 Å². The molecular formula is C8H6ClN3S. The molecule has 2 rings (SSSR count). The highest BCUT2D eigenvalue weighted by atomic mass is 35.5. The van der Waals surface area contributed by atoms with E-state index >= 15 is 0 Å². The van der Waals surface area contributed by atoms with E-state index in [0.29, 0.717) is 4.47 Å². The third kappa shape index (κ3) is 1.68. The minimum Gasteiger partial charge on any atom is -0.261 e. The second-order valence-corrected chi connectivity index (χ2v) is 4.06. The molecular weight excluding hydrogens is 206 g/mol. The van der Waals surface area contributed by atoms with Gasteiger partial charge < -0.3 is 0 Å². The summed E-state index contributed by atoms with van der Waals surface area (Å²) < 4.78 is 0.457. The summed E-state index contributed by atoms with van der Waals surface area (Å²) in [5.41, 5.74) is 1.93.